The second-order valence-electron chi connectivity index (χ2n) is 5.21. The zero-order chi connectivity index (χ0) is 15.4. The van der Waals surface area contributed by atoms with Gasteiger partial charge in [0, 0.05) is 10.6 Å². The Morgan fingerprint density at radius 1 is 1.19 bits per heavy atom. The Hall–Kier alpha value is -1.51. The molecule has 2 rings (SSSR count). The fraction of sp³-hybridized carbons (Fsp3) is 0.333. The summed E-state index contributed by atoms with van der Waals surface area (Å²) in [5, 5.41) is 4.30. The molecule has 0 amide bonds. The number of aryl methyl sites for hydroxylation is 2. The number of nitrogens with one attached hydrogen (secondary N) is 1. The summed E-state index contributed by atoms with van der Waals surface area (Å²) in [6.07, 6.45) is 0. The number of hydrogen-bond acceptors (Lipinski definition) is 2. The topological polar surface area (TPSA) is 21.3 Å². The molecule has 0 fully saturated rings. The number of benzene rings is 2. The van der Waals surface area contributed by atoms with Gasteiger partial charge >= 0.3 is 0 Å². The van der Waals surface area contributed by atoms with E-state index in [4.69, 9.17) is 16.3 Å². The Balaban J connectivity index is 2.61. The Kier molecular flexibility index (Phi) is 5.27. The number of halogens is 1. The molecule has 0 aliphatic carbocycles. The Bertz CT molecular complexity index is 625. The van der Waals surface area contributed by atoms with E-state index in [1.165, 1.54) is 11.1 Å². The Morgan fingerprint density at radius 3 is 2.52 bits per heavy atom. The van der Waals surface area contributed by atoms with Crippen molar-refractivity contribution in [2.24, 2.45) is 0 Å². The molecule has 1 atom stereocenters. The van der Waals surface area contributed by atoms with Gasteiger partial charge < -0.3 is 10.1 Å². The van der Waals surface area contributed by atoms with Gasteiger partial charge in [0.15, 0.2) is 0 Å². The summed E-state index contributed by atoms with van der Waals surface area (Å²) in [7, 11) is 1.72. The maximum Gasteiger partial charge on any atom is 0.124 e. The van der Waals surface area contributed by atoms with Crippen LogP contribution in [0.4, 0.5) is 0 Å². The van der Waals surface area contributed by atoms with E-state index in [9.17, 15) is 0 Å². The van der Waals surface area contributed by atoms with E-state index >= 15 is 0 Å². The molecule has 1 unspecified atom stereocenters. The summed E-state index contributed by atoms with van der Waals surface area (Å²) in [4.78, 5) is 0. The molecule has 0 aliphatic rings. The first kappa shape index (κ1) is 15.9. The summed E-state index contributed by atoms with van der Waals surface area (Å²) in [5.74, 6) is 0.901. The minimum Gasteiger partial charge on any atom is -0.496 e. The van der Waals surface area contributed by atoms with Crippen LogP contribution in [0.25, 0.3) is 0 Å². The molecule has 2 aromatic rings. The number of rotatable bonds is 5. The lowest BCUT2D eigenvalue weighted by atomic mass is 9.92. The molecule has 2 aromatic carbocycles. The molecule has 21 heavy (non-hydrogen) atoms. The van der Waals surface area contributed by atoms with Crippen LogP contribution in [0.2, 0.25) is 5.02 Å². The van der Waals surface area contributed by atoms with E-state index in [-0.39, 0.29) is 6.04 Å². The monoisotopic (exact) mass is 303 g/mol. The molecular weight excluding hydrogens is 282 g/mol. The first-order valence-electron chi connectivity index (χ1n) is 7.21. The second-order valence-corrected chi connectivity index (χ2v) is 5.62. The first-order valence-corrected chi connectivity index (χ1v) is 7.59. The van der Waals surface area contributed by atoms with Crippen LogP contribution in [-0.4, -0.2) is 13.7 Å². The van der Waals surface area contributed by atoms with Crippen molar-refractivity contribution in [3.8, 4) is 5.75 Å². The lowest BCUT2D eigenvalue weighted by Gasteiger charge is -2.24. The van der Waals surface area contributed by atoms with Gasteiger partial charge in [0.1, 0.15) is 5.75 Å². The highest BCUT2D eigenvalue weighted by Gasteiger charge is 2.21. The maximum atomic E-state index is 6.40. The zero-order valence-electron chi connectivity index (χ0n) is 13.0. The van der Waals surface area contributed by atoms with Gasteiger partial charge in [-0.1, -0.05) is 42.8 Å². The summed E-state index contributed by atoms with van der Waals surface area (Å²) in [6, 6.07) is 12.2. The van der Waals surface area contributed by atoms with Crippen LogP contribution < -0.4 is 10.1 Å². The van der Waals surface area contributed by atoms with Gasteiger partial charge in [-0.05, 0) is 49.2 Å². The van der Waals surface area contributed by atoms with Crippen molar-refractivity contribution in [1.29, 1.82) is 0 Å². The largest absolute Gasteiger partial charge is 0.496 e. The minimum atomic E-state index is 0.0271. The SMILES string of the molecule is CCNC(c1ccccc1Cl)c1c(C)cc(C)cc1OC. The normalized spacial score (nSPS) is 12.2. The van der Waals surface area contributed by atoms with Gasteiger partial charge in [0.05, 0.1) is 13.2 Å². The van der Waals surface area contributed by atoms with Crippen molar-refractivity contribution in [3.05, 3.63) is 63.7 Å². The molecule has 0 radical (unpaired) electrons. The van der Waals surface area contributed by atoms with Crippen molar-refractivity contribution in [2.75, 3.05) is 13.7 Å². The molecule has 0 heterocycles. The van der Waals surface area contributed by atoms with Crippen LogP contribution in [0, 0.1) is 13.8 Å². The molecule has 0 saturated heterocycles. The summed E-state index contributed by atoms with van der Waals surface area (Å²) >= 11 is 6.40. The van der Waals surface area contributed by atoms with Crippen molar-refractivity contribution in [1.82, 2.24) is 5.32 Å². The molecule has 0 bridgehead atoms. The lowest BCUT2D eigenvalue weighted by Crippen LogP contribution is -2.23. The molecule has 2 nitrogen and oxygen atoms in total. The van der Waals surface area contributed by atoms with Crippen LogP contribution in [0.3, 0.4) is 0 Å². The molecule has 0 saturated carbocycles. The number of methoxy groups -OCH3 is 1. The quantitative estimate of drug-likeness (QED) is 0.867. The van der Waals surface area contributed by atoms with Gasteiger partial charge in [-0.3, -0.25) is 0 Å². The highest BCUT2D eigenvalue weighted by molar-refractivity contribution is 6.31. The fourth-order valence-electron chi connectivity index (χ4n) is 2.76. The van der Waals surface area contributed by atoms with Crippen molar-refractivity contribution in [3.63, 3.8) is 0 Å². The third-order valence-corrected chi connectivity index (χ3v) is 3.97. The van der Waals surface area contributed by atoms with Gasteiger partial charge in [0.25, 0.3) is 0 Å². The predicted octanol–water partition coefficient (Wildman–Crippen LogP) is 4.66. The summed E-state index contributed by atoms with van der Waals surface area (Å²) < 4.78 is 5.61. The van der Waals surface area contributed by atoms with Crippen LogP contribution in [-0.2, 0) is 0 Å². The third-order valence-electron chi connectivity index (χ3n) is 3.63. The first-order chi connectivity index (χ1) is 10.1. The molecule has 0 spiro atoms. The standard InChI is InChI=1S/C18H22ClNO/c1-5-20-18(14-8-6-7-9-15(14)19)17-13(3)10-12(2)11-16(17)21-4/h6-11,18,20H,5H2,1-4H3. The highest BCUT2D eigenvalue weighted by atomic mass is 35.5. The number of hydrogen-bond donors (Lipinski definition) is 1. The molecular formula is C18H22ClNO. The second kappa shape index (κ2) is 6.97. The van der Waals surface area contributed by atoms with Crippen LogP contribution in [0.1, 0.15) is 35.2 Å². The third kappa shape index (κ3) is 3.39. The van der Waals surface area contributed by atoms with E-state index < -0.39 is 0 Å². The van der Waals surface area contributed by atoms with Gasteiger partial charge in [-0.15, -0.1) is 0 Å². The highest BCUT2D eigenvalue weighted by Crippen LogP contribution is 2.36. The van der Waals surface area contributed by atoms with Crippen molar-refractivity contribution in [2.45, 2.75) is 26.8 Å². The average Bonchev–Trinajstić information content (AvgIpc) is 2.45. The van der Waals surface area contributed by atoms with Crippen LogP contribution >= 0.6 is 11.6 Å². The van der Waals surface area contributed by atoms with Crippen molar-refractivity contribution >= 4 is 11.6 Å². The van der Waals surface area contributed by atoms with E-state index in [1.807, 2.05) is 18.2 Å². The van der Waals surface area contributed by atoms with E-state index in [0.29, 0.717) is 0 Å². The van der Waals surface area contributed by atoms with Crippen molar-refractivity contribution < 1.29 is 4.74 Å². The lowest BCUT2D eigenvalue weighted by molar-refractivity contribution is 0.403. The number of ether oxygens (including phenoxy) is 1. The molecule has 1 N–H and O–H groups in total. The molecule has 112 valence electrons. The average molecular weight is 304 g/mol. The molecule has 3 heteroatoms. The van der Waals surface area contributed by atoms with Crippen LogP contribution in [0.15, 0.2) is 36.4 Å². The maximum absolute atomic E-state index is 6.40. The van der Waals surface area contributed by atoms with Gasteiger partial charge in [-0.25, -0.2) is 0 Å². The zero-order valence-corrected chi connectivity index (χ0v) is 13.8. The summed E-state index contributed by atoms with van der Waals surface area (Å²) in [6.45, 7) is 7.15. The smallest absolute Gasteiger partial charge is 0.124 e. The van der Waals surface area contributed by atoms with E-state index in [1.54, 1.807) is 7.11 Å². The Labute approximate surface area is 132 Å². The molecule has 0 aliphatic heterocycles. The van der Waals surface area contributed by atoms with Gasteiger partial charge in [0.2, 0.25) is 0 Å². The van der Waals surface area contributed by atoms with E-state index in [0.717, 1.165) is 28.4 Å². The Morgan fingerprint density at radius 2 is 1.90 bits per heavy atom. The summed E-state index contributed by atoms with van der Waals surface area (Å²) in [5.41, 5.74) is 4.63. The predicted molar refractivity (Wildman–Crippen MR) is 89.4 cm³/mol. The minimum absolute atomic E-state index is 0.0271. The van der Waals surface area contributed by atoms with Crippen LogP contribution in [0.5, 0.6) is 5.75 Å². The van der Waals surface area contributed by atoms with Gasteiger partial charge in [-0.2, -0.15) is 0 Å². The van der Waals surface area contributed by atoms with E-state index in [2.05, 4.69) is 44.3 Å². The fourth-order valence-corrected chi connectivity index (χ4v) is 3.00. The molecule has 0 aromatic heterocycles.